The van der Waals surface area contributed by atoms with E-state index >= 15 is 0 Å². The minimum Gasteiger partial charge on any atom is -0.507 e. The Kier molecular flexibility index (Phi) is 2.53. The predicted octanol–water partition coefficient (Wildman–Crippen LogP) is 2.40. The third-order valence-electron chi connectivity index (χ3n) is 3.05. The van der Waals surface area contributed by atoms with Gasteiger partial charge < -0.3 is 14.9 Å². The molecule has 0 spiro atoms. The highest BCUT2D eigenvalue weighted by Gasteiger charge is 2.32. The van der Waals surface area contributed by atoms with Crippen molar-refractivity contribution < 1.29 is 19.7 Å². The summed E-state index contributed by atoms with van der Waals surface area (Å²) >= 11 is 0. The molecule has 0 amide bonds. The van der Waals surface area contributed by atoms with Gasteiger partial charge in [0, 0.05) is 11.6 Å². The second-order valence-electron chi connectivity index (χ2n) is 5.02. The Morgan fingerprint density at radius 3 is 2.59 bits per heavy atom. The van der Waals surface area contributed by atoms with Crippen molar-refractivity contribution in [3.05, 3.63) is 17.2 Å². The van der Waals surface area contributed by atoms with Crippen LogP contribution in [0.25, 0.3) is 0 Å². The van der Waals surface area contributed by atoms with Gasteiger partial charge in [-0.1, -0.05) is 0 Å². The number of phenolic OH excluding ortho intramolecular Hbond substituents is 2. The number of carbonyl (C=O) groups is 1. The van der Waals surface area contributed by atoms with E-state index in [1.54, 1.807) is 0 Å². The maximum Gasteiger partial charge on any atom is 0.167 e. The van der Waals surface area contributed by atoms with Crippen LogP contribution in [0.3, 0.4) is 0 Å². The maximum atomic E-state index is 11.5. The lowest BCUT2D eigenvalue weighted by Crippen LogP contribution is -2.33. The molecule has 1 aromatic rings. The van der Waals surface area contributed by atoms with Gasteiger partial charge in [0.25, 0.3) is 0 Å². The SMILES string of the molecule is CC(=O)c1c(O)cc(O)c2c1OC(C)(C)CC2. The topological polar surface area (TPSA) is 66.8 Å². The second kappa shape index (κ2) is 3.65. The Morgan fingerprint density at radius 1 is 1.35 bits per heavy atom. The lowest BCUT2D eigenvalue weighted by Gasteiger charge is -2.34. The van der Waals surface area contributed by atoms with Crippen LogP contribution in [0.2, 0.25) is 0 Å². The van der Waals surface area contributed by atoms with Gasteiger partial charge in [-0.15, -0.1) is 0 Å². The van der Waals surface area contributed by atoms with Crippen LogP contribution < -0.4 is 4.74 Å². The molecule has 17 heavy (non-hydrogen) atoms. The van der Waals surface area contributed by atoms with Gasteiger partial charge >= 0.3 is 0 Å². The first-order chi connectivity index (χ1) is 7.82. The molecule has 0 saturated carbocycles. The van der Waals surface area contributed by atoms with Gasteiger partial charge in [0.15, 0.2) is 5.78 Å². The number of rotatable bonds is 1. The molecule has 0 aliphatic carbocycles. The number of carbonyl (C=O) groups excluding carboxylic acids is 1. The quantitative estimate of drug-likeness (QED) is 0.735. The molecule has 0 aromatic heterocycles. The largest absolute Gasteiger partial charge is 0.507 e. The normalized spacial score (nSPS) is 17.1. The molecule has 4 heteroatoms. The average molecular weight is 236 g/mol. The Morgan fingerprint density at radius 2 is 2.00 bits per heavy atom. The Labute approximate surface area is 99.8 Å². The summed E-state index contributed by atoms with van der Waals surface area (Å²) in [5.74, 6) is -0.188. The van der Waals surface area contributed by atoms with Crippen LogP contribution in [0.15, 0.2) is 6.07 Å². The monoisotopic (exact) mass is 236 g/mol. The molecule has 0 saturated heterocycles. The van der Waals surface area contributed by atoms with Crippen molar-refractivity contribution in [2.45, 2.75) is 39.2 Å². The summed E-state index contributed by atoms with van der Waals surface area (Å²) in [4.78, 5) is 11.5. The van der Waals surface area contributed by atoms with E-state index in [-0.39, 0.29) is 22.8 Å². The van der Waals surface area contributed by atoms with E-state index in [2.05, 4.69) is 0 Å². The van der Waals surface area contributed by atoms with Crippen LogP contribution in [-0.4, -0.2) is 21.6 Å². The molecule has 1 aliphatic heterocycles. The minimum atomic E-state index is -0.391. The van der Waals surface area contributed by atoms with Gasteiger partial charge in [0.1, 0.15) is 28.4 Å². The Bertz CT molecular complexity index is 489. The van der Waals surface area contributed by atoms with E-state index in [0.29, 0.717) is 17.7 Å². The first-order valence-corrected chi connectivity index (χ1v) is 5.59. The van der Waals surface area contributed by atoms with Crippen molar-refractivity contribution in [2.75, 3.05) is 0 Å². The zero-order valence-electron chi connectivity index (χ0n) is 10.2. The number of aromatic hydroxyl groups is 2. The van der Waals surface area contributed by atoms with Crippen molar-refractivity contribution in [1.29, 1.82) is 0 Å². The summed E-state index contributed by atoms with van der Waals surface area (Å²) in [5, 5.41) is 19.5. The molecule has 4 nitrogen and oxygen atoms in total. The average Bonchev–Trinajstić information content (AvgIpc) is 2.14. The van der Waals surface area contributed by atoms with Crippen molar-refractivity contribution in [1.82, 2.24) is 0 Å². The van der Waals surface area contributed by atoms with Crippen molar-refractivity contribution >= 4 is 5.78 Å². The molecule has 0 atom stereocenters. The fourth-order valence-electron chi connectivity index (χ4n) is 2.12. The standard InChI is InChI=1S/C13H16O4/c1-7(14)11-10(16)6-9(15)8-4-5-13(2,3)17-12(8)11/h6,15-16H,4-5H2,1-3H3. The molecule has 0 radical (unpaired) electrons. The third kappa shape index (κ3) is 1.95. The van der Waals surface area contributed by atoms with E-state index in [1.165, 1.54) is 13.0 Å². The molecule has 0 fully saturated rings. The molecule has 92 valence electrons. The summed E-state index contributed by atoms with van der Waals surface area (Å²) in [5.41, 5.74) is 0.371. The maximum absolute atomic E-state index is 11.5. The minimum absolute atomic E-state index is 0.0157. The summed E-state index contributed by atoms with van der Waals surface area (Å²) in [6, 6.07) is 1.21. The number of phenols is 2. The van der Waals surface area contributed by atoms with E-state index in [1.807, 2.05) is 13.8 Å². The first kappa shape index (κ1) is 11.8. The highest BCUT2D eigenvalue weighted by Crippen LogP contribution is 2.44. The van der Waals surface area contributed by atoms with E-state index in [9.17, 15) is 15.0 Å². The molecule has 1 aliphatic rings. The number of hydrogen-bond acceptors (Lipinski definition) is 4. The summed E-state index contributed by atoms with van der Waals surface area (Å²) in [6.45, 7) is 5.21. The van der Waals surface area contributed by atoms with Gasteiger partial charge in [-0.2, -0.15) is 0 Å². The zero-order chi connectivity index (χ0) is 12.8. The second-order valence-corrected chi connectivity index (χ2v) is 5.02. The van der Waals surface area contributed by atoms with E-state index < -0.39 is 5.60 Å². The van der Waals surface area contributed by atoms with E-state index in [0.717, 1.165) is 6.42 Å². The fraction of sp³-hybridized carbons (Fsp3) is 0.462. The highest BCUT2D eigenvalue weighted by molar-refractivity contribution is 6.00. The van der Waals surface area contributed by atoms with Gasteiger partial charge in [-0.25, -0.2) is 0 Å². The lowest BCUT2D eigenvalue weighted by molar-refractivity contribution is 0.0796. The predicted molar refractivity (Wildman–Crippen MR) is 62.8 cm³/mol. The van der Waals surface area contributed by atoms with Gasteiger partial charge in [0.05, 0.1) is 0 Å². The fourth-order valence-corrected chi connectivity index (χ4v) is 2.12. The number of Topliss-reactive ketones (excluding diaryl/α,β-unsaturated/α-hetero) is 1. The number of ketones is 1. The number of benzene rings is 1. The number of fused-ring (bicyclic) bond motifs is 1. The molecule has 0 unspecified atom stereocenters. The van der Waals surface area contributed by atoms with Crippen molar-refractivity contribution in [3.63, 3.8) is 0 Å². The lowest BCUT2D eigenvalue weighted by atomic mass is 9.91. The van der Waals surface area contributed by atoms with Crippen LogP contribution in [0.5, 0.6) is 17.2 Å². The number of hydrogen-bond donors (Lipinski definition) is 2. The summed E-state index contributed by atoms with van der Waals surface area (Å²) in [7, 11) is 0. The molecule has 1 heterocycles. The van der Waals surface area contributed by atoms with Gasteiger partial charge in [-0.05, 0) is 33.6 Å². The zero-order valence-corrected chi connectivity index (χ0v) is 10.2. The molecule has 1 aromatic carbocycles. The van der Waals surface area contributed by atoms with Crippen LogP contribution >= 0.6 is 0 Å². The van der Waals surface area contributed by atoms with Crippen molar-refractivity contribution in [3.8, 4) is 17.2 Å². The Balaban J connectivity index is 2.67. The molecular formula is C13H16O4. The molecule has 2 rings (SSSR count). The van der Waals surface area contributed by atoms with Crippen LogP contribution in [0.4, 0.5) is 0 Å². The van der Waals surface area contributed by atoms with Crippen LogP contribution in [0.1, 0.15) is 43.1 Å². The van der Waals surface area contributed by atoms with Gasteiger partial charge in [-0.3, -0.25) is 4.79 Å². The first-order valence-electron chi connectivity index (χ1n) is 5.59. The smallest absolute Gasteiger partial charge is 0.167 e. The third-order valence-corrected chi connectivity index (χ3v) is 3.05. The number of ether oxygens (including phenoxy) is 1. The van der Waals surface area contributed by atoms with Crippen LogP contribution in [-0.2, 0) is 6.42 Å². The Hall–Kier alpha value is -1.71. The molecule has 2 N–H and O–H groups in total. The highest BCUT2D eigenvalue weighted by atomic mass is 16.5. The molecular weight excluding hydrogens is 220 g/mol. The summed E-state index contributed by atoms with van der Waals surface area (Å²) < 4.78 is 5.73. The van der Waals surface area contributed by atoms with E-state index in [4.69, 9.17) is 4.74 Å². The molecule has 0 bridgehead atoms. The van der Waals surface area contributed by atoms with Gasteiger partial charge in [0.2, 0.25) is 0 Å². The van der Waals surface area contributed by atoms with Crippen LogP contribution in [0, 0.1) is 0 Å². The summed E-state index contributed by atoms with van der Waals surface area (Å²) in [6.07, 6.45) is 1.39. The van der Waals surface area contributed by atoms with Crippen molar-refractivity contribution in [2.24, 2.45) is 0 Å².